The van der Waals surface area contributed by atoms with Gasteiger partial charge in [0.25, 0.3) is 0 Å². The van der Waals surface area contributed by atoms with Gasteiger partial charge in [-0.2, -0.15) is 0 Å². The Labute approximate surface area is 123 Å². The smallest absolute Gasteiger partial charge is 0.376 e. The van der Waals surface area contributed by atoms with Gasteiger partial charge in [0.2, 0.25) is 5.91 Å². The minimum Gasteiger partial charge on any atom is -0.376 e. The van der Waals surface area contributed by atoms with Gasteiger partial charge in [0.1, 0.15) is 0 Å². The second-order valence-electron chi connectivity index (χ2n) is 5.61. The van der Waals surface area contributed by atoms with Gasteiger partial charge < -0.3 is 10.1 Å². The Morgan fingerprint density at radius 1 is 1.29 bits per heavy atom. The van der Waals surface area contributed by atoms with Crippen LogP contribution in [0.3, 0.4) is 0 Å². The van der Waals surface area contributed by atoms with Gasteiger partial charge in [-0.05, 0) is 25.7 Å². The Morgan fingerprint density at radius 3 is 2.43 bits per heavy atom. The molecule has 1 aliphatic carbocycles. The number of hydrogen-bond acceptors (Lipinski definition) is 3. The van der Waals surface area contributed by atoms with Crippen molar-refractivity contribution in [3.63, 3.8) is 0 Å². The van der Waals surface area contributed by atoms with Crippen LogP contribution >= 0.6 is 0 Å². The van der Waals surface area contributed by atoms with Crippen molar-refractivity contribution in [3.8, 4) is 0 Å². The molecule has 124 valence electrons. The van der Waals surface area contributed by atoms with Gasteiger partial charge in [0, 0.05) is 13.5 Å². The quantitative estimate of drug-likeness (QED) is 0.786. The van der Waals surface area contributed by atoms with E-state index in [0.29, 0.717) is 12.5 Å². The molecule has 1 amide bonds. The minimum atomic E-state index is -4.71. The van der Waals surface area contributed by atoms with E-state index in [0.717, 1.165) is 12.8 Å². The van der Waals surface area contributed by atoms with E-state index in [4.69, 9.17) is 4.74 Å². The zero-order valence-corrected chi connectivity index (χ0v) is 12.5. The second kappa shape index (κ2) is 8.58. The van der Waals surface area contributed by atoms with Gasteiger partial charge in [-0.3, -0.25) is 9.53 Å². The number of ether oxygens (including phenoxy) is 2. The van der Waals surface area contributed by atoms with Crippen molar-refractivity contribution in [3.05, 3.63) is 0 Å². The number of halogens is 3. The molecule has 7 heteroatoms. The van der Waals surface area contributed by atoms with Crippen LogP contribution < -0.4 is 5.32 Å². The molecule has 1 rings (SSSR count). The monoisotopic (exact) mass is 311 g/mol. The van der Waals surface area contributed by atoms with E-state index in [9.17, 15) is 18.0 Å². The van der Waals surface area contributed by atoms with Crippen LogP contribution in [0.4, 0.5) is 13.2 Å². The van der Waals surface area contributed by atoms with E-state index in [2.05, 4.69) is 10.1 Å². The van der Waals surface area contributed by atoms with E-state index in [1.54, 1.807) is 6.92 Å². The highest BCUT2D eigenvalue weighted by atomic mass is 19.4. The Kier molecular flexibility index (Phi) is 7.45. The summed E-state index contributed by atoms with van der Waals surface area (Å²) in [6.07, 6.45) is 0.536. The zero-order valence-electron chi connectivity index (χ0n) is 12.5. The fourth-order valence-electron chi connectivity index (χ4n) is 2.50. The van der Waals surface area contributed by atoms with Crippen LogP contribution in [-0.2, 0) is 14.3 Å². The first-order chi connectivity index (χ1) is 9.78. The number of carbonyl (C=O) groups excluding carboxylic acids is 1. The molecule has 21 heavy (non-hydrogen) atoms. The molecule has 1 N–H and O–H groups in total. The van der Waals surface area contributed by atoms with E-state index < -0.39 is 31.0 Å². The SMILES string of the molecule is CC(=O)NC(COC(F)(F)F)C(C)OCC1CCCCC1. The molecule has 0 saturated heterocycles. The van der Waals surface area contributed by atoms with Crippen molar-refractivity contribution < 1.29 is 27.4 Å². The molecule has 0 aromatic rings. The molecule has 0 aromatic heterocycles. The van der Waals surface area contributed by atoms with E-state index in [1.807, 2.05) is 0 Å². The molecule has 2 unspecified atom stereocenters. The molecule has 4 nitrogen and oxygen atoms in total. The molecular weight excluding hydrogens is 287 g/mol. The predicted octanol–water partition coefficient (Wildman–Crippen LogP) is 3.01. The maximum atomic E-state index is 12.1. The summed E-state index contributed by atoms with van der Waals surface area (Å²) in [5, 5.41) is 2.45. The first kappa shape index (κ1) is 18.2. The summed E-state index contributed by atoms with van der Waals surface area (Å²) in [5.41, 5.74) is 0. The standard InChI is InChI=1S/C14H24F3NO3/c1-10(20-8-12-6-4-3-5-7-12)13(18-11(2)19)9-21-14(15,16)17/h10,12-13H,3-9H2,1-2H3,(H,18,19). The molecule has 0 heterocycles. The van der Waals surface area contributed by atoms with Crippen LogP contribution in [0.2, 0.25) is 0 Å². The Hall–Kier alpha value is -0.820. The number of nitrogens with one attached hydrogen (secondary N) is 1. The molecule has 1 saturated carbocycles. The van der Waals surface area contributed by atoms with Crippen LogP contribution in [0, 0.1) is 5.92 Å². The summed E-state index contributed by atoms with van der Waals surface area (Å²) in [7, 11) is 0. The van der Waals surface area contributed by atoms with E-state index in [1.165, 1.54) is 26.2 Å². The highest BCUT2D eigenvalue weighted by molar-refractivity contribution is 5.73. The number of hydrogen-bond donors (Lipinski definition) is 1. The third-order valence-corrected chi connectivity index (χ3v) is 3.70. The summed E-state index contributed by atoms with van der Waals surface area (Å²) < 4.78 is 45.8. The topological polar surface area (TPSA) is 47.6 Å². The average molecular weight is 311 g/mol. The highest BCUT2D eigenvalue weighted by Crippen LogP contribution is 2.24. The molecular formula is C14H24F3NO3. The van der Waals surface area contributed by atoms with Gasteiger partial charge in [-0.25, -0.2) is 0 Å². The normalized spacial score (nSPS) is 20.0. The Morgan fingerprint density at radius 2 is 1.90 bits per heavy atom. The van der Waals surface area contributed by atoms with Gasteiger partial charge >= 0.3 is 6.36 Å². The molecule has 1 fully saturated rings. The molecule has 2 atom stereocenters. The molecule has 0 aromatic carbocycles. The minimum absolute atomic E-state index is 0.404. The number of carbonyl (C=O) groups is 1. The summed E-state index contributed by atoms with van der Waals surface area (Å²) in [6, 6.07) is -0.812. The van der Waals surface area contributed by atoms with Crippen molar-refractivity contribution >= 4 is 5.91 Å². The maximum absolute atomic E-state index is 12.1. The summed E-state index contributed by atoms with van der Waals surface area (Å²) >= 11 is 0. The summed E-state index contributed by atoms with van der Waals surface area (Å²) in [4.78, 5) is 11.1. The number of rotatable bonds is 7. The highest BCUT2D eigenvalue weighted by Gasteiger charge is 2.32. The lowest BCUT2D eigenvalue weighted by molar-refractivity contribution is -0.327. The van der Waals surface area contributed by atoms with Gasteiger partial charge in [-0.1, -0.05) is 19.3 Å². The van der Waals surface area contributed by atoms with Gasteiger partial charge in [0.15, 0.2) is 0 Å². The predicted molar refractivity (Wildman–Crippen MR) is 71.6 cm³/mol. The van der Waals surface area contributed by atoms with Gasteiger partial charge in [-0.15, -0.1) is 13.2 Å². The third kappa shape index (κ3) is 8.26. The lowest BCUT2D eigenvalue weighted by Crippen LogP contribution is -2.47. The van der Waals surface area contributed by atoms with Crippen molar-refractivity contribution in [1.29, 1.82) is 0 Å². The summed E-state index contributed by atoms with van der Waals surface area (Å²) in [6.45, 7) is 2.79. The average Bonchev–Trinajstić information content (AvgIpc) is 2.40. The maximum Gasteiger partial charge on any atom is 0.522 e. The third-order valence-electron chi connectivity index (χ3n) is 3.70. The van der Waals surface area contributed by atoms with Gasteiger partial charge in [0.05, 0.1) is 18.8 Å². The lowest BCUT2D eigenvalue weighted by Gasteiger charge is -2.28. The fraction of sp³-hybridized carbons (Fsp3) is 0.929. The number of amides is 1. The van der Waals surface area contributed by atoms with Crippen LogP contribution in [0.25, 0.3) is 0 Å². The molecule has 1 aliphatic rings. The zero-order chi connectivity index (χ0) is 15.9. The molecule has 0 spiro atoms. The first-order valence-electron chi connectivity index (χ1n) is 7.37. The fourth-order valence-corrected chi connectivity index (χ4v) is 2.50. The van der Waals surface area contributed by atoms with E-state index in [-0.39, 0.29) is 0 Å². The molecule has 0 bridgehead atoms. The summed E-state index contributed by atoms with van der Waals surface area (Å²) in [5.74, 6) is 0.0570. The van der Waals surface area contributed by atoms with E-state index >= 15 is 0 Å². The van der Waals surface area contributed by atoms with Crippen molar-refractivity contribution in [1.82, 2.24) is 5.32 Å². The Balaban J connectivity index is 2.41. The van der Waals surface area contributed by atoms with Crippen LogP contribution in [0.5, 0.6) is 0 Å². The van der Waals surface area contributed by atoms with Crippen molar-refractivity contribution in [2.75, 3.05) is 13.2 Å². The molecule has 0 aliphatic heterocycles. The van der Waals surface area contributed by atoms with Crippen molar-refractivity contribution in [2.24, 2.45) is 5.92 Å². The van der Waals surface area contributed by atoms with Crippen LogP contribution in [-0.4, -0.2) is 37.6 Å². The van der Waals surface area contributed by atoms with Crippen LogP contribution in [0.1, 0.15) is 46.0 Å². The number of alkyl halides is 3. The second-order valence-corrected chi connectivity index (χ2v) is 5.61. The Bertz CT molecular complexity index is 317. The lowest BCUT2D eigenvalue weighted by atomic mass is 9.90. The van der Waals surface area contributed by atoms with Crippen LogP contribution in [0.15, 0.2) is 0 Å². The molecule has 0 radical (unpaired) electrons. The van der Waals surface area contributed by atoms with Crippen molar-refractivity contribution in [2.45, 2.75) is 64.5 Å². The largest absolute Gasteiger partial charge is 0.522 e. The first-order valence-corrected chi connectivity index (χ1v) is 7.37.